The van der Waals surface area contributed by atoms with Gasteiger partial charge in [0, 0.05) is 19.9 Å². The lowest BCUT2D eigenvalue weighted by atomic mass is 10.0. The average Bonchev–Trinajstić information content (AvgIpc) is 2.79. The van der Waals surface area contributed by atoms with Crippen molar-refractivity contribution >= 4 is 39.3 Å². The van der Waals surface area contributed by atoms with Crippen LogP contribution in [0.5, 0.6) is 0 Å². The van der Waals surface area contributed by atoms with Crippen molar-refractivity contribution in [1.82, 2.24) is 10.6 Å². The highest BCUT2D eigenvalue weighted by atomic mass is 79.9. The van der Waals surface area contributed by atoms with Gasteiger partial charge in [-0.25, -0.2) is 9.59 Å². The van der Waals surface area contributed by atoms with E-state index >= 15 is 0 Å². The molecule has 1 aliphatic rings. The molecule has 0 aliphatic carbocycles. The molecule has 1 aromatic rings. The fourth-order valence-corrected chi connectivity index (χ4v) is 4.17. The number of thiophene rings is 1. The maximum atomic E-state index is 12.2. The lowest BCUT2D eigenvalue weighted by Gasteiger charge is -2.27. The van der Waals surface area contributed by atoms with Gasteiger partial charge in [0.2, 0.25) is 0 Å². The molecule has 1 aliphatic heterocycles. The fourth-order valence-electron chi connectivity index (χ4n) is 2.20. The topological polar surface area (TPSA) is 67.4 Å². The van der Waals surface area contributed by atoms with E-state index in [0.29, 0.717) is 17.9 Å². The summed E-state index contributed by atoms with van der Waals surface area (Å²) in [6, 6.07) is 1.17. The monoisotopic (exact) mass is 372 g/mol. The SMILES string of the molecule is CCOC(=O)C1=C(C)NC(=O)NC1c1cc(Br)c(CC)s1. The summed E-state index contributed by atoms with van der Waals surface area (Å²) in [7, 11) is 0. The van der Waals surface area contributed by atoms with Crippen molar-refractivity contribution in [2.24, 2.45) is 0 Å². The number of carbonyl (C=O) groups excluding carboxylic acids is 2. The molecule has 2 N–H and O–H groups in total. The van der Waals surface area contributed by atoms with E-state index in [9.17, 15) is 9.59 Å². The summed E-state index contributed by atoms with van der Waals surface area (Å²) >= 11 is 5.09. The van der Waals surface area contributed by atoms with Crippen LogP contribution in [0.25, 0.3) is 0 Å². The number of hydrogen-bond donors (Lipinski definition) is 2. The molecule has 5 nitrogen and oxygen atoms in total. The van der Waals surface area contributed by atoms with Gasteiger partial charge < -0.3 is 15.4 Å². The molecule has 1 unspecified atom stereocenters. The van der Waals surface area contributed by atoms with Crippen LogP contribution in [0.1, 0.15) is 36.6 Å². The van der Waals surface area contributed by atoms with Gasteiger partial charge in [-0.15, -0.1) is 11.3 Å². The molecule has 0 fully saturated rings. The quantitative estimate of drug-likeness (QED) is 0.797. The summed E-state index contributed by atoms with van der Waals surface area (Å²) in [4.78, 5) is 26.0. The molecule has 114 valence electrons. The molecule has 0 aromatic carbocycles. The van der Waals surface area contributed by atoms with Gasteiger partial charge in [0.1, 0.15) is 0 Å². The summed E-state index contributed by atoms with van der Waals surface area (Å²) < 4.78 is 6.11. The van der Waals surface area contributed by atoms with Crippen LogP contribution < -0.4 is 10.6 Å². The summed E-state index contributed by atoms with van der Waals surface area (Å²) in [5, 5.41) is 5.42. The molecular formula is C14H17BrN2O3S. The average molecular weight is 373 g/mol. The van der Waals surface area contributed by atoms with Crippen LogP contribution in [0.3, 0.4) is 0 Å². The normalized spacial score (nSPS) is 18.3. The Hall–Kier alpha value is -1.34. The second-order valence-electron chi connectivity index (χ2n) is 4.56. The standard InChI is InChI=1S/C14H17BrN2O3S/c1-4-9-8(15)6-10(21-9)12-11(13(18)20-5-2)7(3)16-14(19)17-12/h6,12H,4-5H2,1-3H3,(H2,16,17,19). The number of ether oxygens (including phenoxy) is 1. The number of hydrogen-bond acceptors (Lipinski definition) is 4. The second kappa shape index (κ2) is 6.62. The van der Waals surface area contributed by atoms with E-state index in [4.69, 9.17) is 4.74 Å². The van der Waals surface area contributed by atoms with E-state index in [1.807, 2.05) is 6.07 Å². The summed E-state index contributed by atoms with van der Waals surface area (Å²) in [6.07, 6.45) is 0.890. The predicted octanol–water partition coefficient (Wildman–Crippen LogP) is 3.26. The number of esters is 1. The Kier molecular flexibility index (Phi) is 5.05. The number of carbonyl (C=O) groups is 2. The molecule has 0 bridgehead atoms. The molecule has 1 atom stereocenters. The molecule has 21 heavy (non-hydrogen) atoms. The van der Waals surface area contributed by atoms with Gasteiger partial charge in [-0.1, -0.05) is 6.92 Å². The fraction of sp³-hybridized carbons (Fsp3) is 0.429. The number of allylic oxidation sites excluding steroid dienone is 1. The molecular weight excluding hydrogens is 356 g/mol. The molecule has 7 heteroatoms. The van der Waals surface area contributed by atoms with Gasteiger partial charge in [-0.2, -0.15) is 0 Å². The number of rotatable bonds is 4. The van der Waals surface area contributed by atoms with Crippen molar-refractivity contribution in [2.45, 2.75) is 33.2 Å². The zero-order valence-corrected chi connectivity index (χ0v) is 14.5. The van der Waals surface area contributed by atoms with Crippen molar-refractivity contribution in [1.29, 1.82) is 0 Å². The van der Waals surface area contributed by atoms with Crippen molar-refractivity contribution in [3.05, 3.63) is 31.6 Å². The van der Waals surface area contributed by atoms with Gasteiger partial charge in [0.15, 0.2) is 0 Å². The maximum Gasteiger partial charge on any atom is 0.338 e. The maximum absolute atomic E-state index is 12.2. The van der Waals surface area contributed by atoms with Gasteiger partial charge in [0.05, 0.1) is 18.2 Å². The van der Waals surface area contributed by atoms with E-state index in [1.54, 1.807) is 25.2 Å². The van der Waals surface area contributed by atoms with Crippen molar-refractivity contribution in [3.63, 3.8) is 0 Å². The van der Waals surface area contributed by atoms with Crippen LogP contribution in [-0.2, 0) is 16.0 Å². The van der Waals surface area contributed by atoms with Crippen LogP contribution in [0, 0.1) is 0 Å². The molecule has 0 saturated carbocycles. The number of amides is 2. The molecule has 2 amide bonds. The highest BCUT2D eigenvalue weighted by Crippen LogP contribution is 2.36. The van der Waals surface area contributed by atoms with E-state index < -0.39 is 12.0 Å². The first-order valence-electron chi connectivity index (χ1n) is 6.71. The summed E-state index contributed by atoms with van der Waals surface area (Å²) in [6.45, 7) is 5.83. The Balaban J connectivity index is 2.44. The van der Waals surface area contributed by atoms with Crippen LogP contribution in [0.4, 0.5) is 4.79 Å². The Morgan fingerprint density at radius 2 is 2.19 bits per heavy atom. The van der Waals surface area contributed by atoms with Crippen molar-refractivity contribution in [2.75, 3.05) is 6.61 Å². The second-order valence-corrected chi connectivity index (χ2v) is 6.59. The van der Waals surface area contributed by atoms with E-state index in [1.165, 1.54) is 4.88 Å². The van der Waals surface area contributed by atoms with Gasteiger partial charge in [0.25, 0.3) is 0 Å². The Morgan fingerprint density at radius 1 is 1.48 bits per heavy atom. The number of nitrogens with one attached hydrogen (secondary N) is 2. The number of urea groups is 1. The molecule has 2 rings (SSSR count). The Bertz CT molecular complexity index is 609. The van der Waals surface area contributed by atoms with E-state index in [2.05, 4.69) is 33.5 Å². The van der Waals surface area contributed by atoms with Gasteiger partial charge in [-0.3, -0.25) is 0 Å². The Labute approximate surface area is 135 Å². The van der Waals surface area contributed by atoms with Crippen molar-refractivity contribution < 1.29 is 14.3 Å². The predicted molar refractivity (Wildman–Crippen MR) is 85.1 cm³/mol. The number of aryl methyl sites for hydroxylation is 1. The minimum absolute atomic E-state index is 0.296. The smallest absolute Gasteiger partial charge is 0.338 e. The first kappa shape index (κ1) is 16.0. The Morgan fingerprint density at radius 3 is 2.76 bits per heavy atom. The molecule has 1 aromatic heterocycles. The lowest BCUT2D eigenvalue weighted by Crippen LogP contribution is -2.45. The van der Waals surface area contributed by atoms with E-state index in [0.717, 1.165) is 15.8 Å². The zero-order valence-electron chi connectivity index (χ0n) is 12.1. The van der Waals surface area contributed by atoms with Crippen LogP contribution in [-0.4, -0.2) is 18.6 Å². The minimum atomic E-state index is -0.473. The minimum Gasteiger partial charge on any atom is -0.463 e. The van der Waals surface area contributed by atoms with Crippen LogP contribution in [0.15, 0.2) is 21.8 Å². The molecule has 2 heterocycles. The van der Waals surface area contributed by atoms with Gasteiger partial charge >= 0.3 is 12.0 Å². The molecule has 0 spiro atoms. The first-order valence-corrected chi connectivity index (χ1v) is 8.32. The highest BCUT2D eigenvalue weighted by molar-refractivity contribution is 9.10. The van der Waals surface area contributed by atoms with Crippen LogP contribution >= 0.6 is 27.3 Å². The van der Waals surface area contributed by atoms with Crippen molar-refractivity contribution in [3.8, 4) is 0 Å². The third kappa shape index (κ3) is 3.29. The zero-order chi connectivity index (χ0) is 15.6. The summed E-state index contributed by atoms with van der Waals surface area (Å²) in [5.74, 6) is -0.407. The van der Waals surface area contributed by atoms with Crippen LogP contribution in [0.2, 0.25) is 0 Å². The first-order chi connectivity index (χ1) is 9.97. The van der Waals surface area contributed by atoms with E-state index in [-0.39, 0.29) is 6.03 Å². The summed E-state index contributed by atoms with van der Waals surface area (Å²) in [5.41, 5.74) is 0.984. The highest BCUT2D eigenvalue weighted by Gasteiger charge is 2.33. The molecule has 0 radical (unpaired) electrons. The molecule has 0 saturated heterocycles. The van der Waals surface area contributed by atoms with Gasteiger partial charge in [-0.05, 0) is 42.3 Å². The largest absolute Gasteiger partial charge is 0.463 e. The third-order valence-electron chi connectivity index (χ3n) is 3.15. The lowest BCUT2D eigenvalue weighted by molar-refractivity contribution is -0.139. The number of halogens is 1. The third-order valence-corrected chi connectivity index (χ3v) is 5.46.